The van der Waals surface area contributed by atoms with E-state index in [1.807, 2.05) is 17.5 Å². The molecule has 0 aliphatic heterocycles. The lowest BCUT2D eigenvalue weighted by Crippen LogP contribution is -2.40. The number of carbonyl (C=O) groups excluding carboxylic acids is 1. The summed E-state index contributed by atoms with van der Waals surface area (Å²) in [5, 5.41) is 12.0. The summed E-state index contributed by atoms with van der Waals surface area (Å²) in [6.45, 7) is 1.53. The second-order valence-electron chi connectivity index (χ2n) is 4.12. The number of hydrogen-bond acceptors (Lipinski definition) is 5. The first-order valence-electron chi connectivity index (χ1n) is 5.40. The smallest absolute Gasteiger partial charge is 0.339 e. The van der Waals surface area contributed by atoms with Crippen molar-refractivity contribution in [2.24, 2.45) is 0 Å². The van der Waals surface area contributed by atoms with Gasteiger partial charge in [0.25, 0.3) is 0 Å². The van der Waals surface area contributed by atoms with E-state index >= 15 is 0 Å². The lowest BCUT2D eigenvalue weighted by molar-refractivity contribution is -0.161. The van der Waals surface area contributed by atoms with Gasteiger partial charge in [-0.2, -0.15) is 0 Å². The van der Waals surface area contributed by atoms with Crippen LogP contribution in [-0.2, 0) is 16.1 Å². The number of carbonyl (C=O) groups is 1. The summed E-state index contributed by atoms with van der Waals surface area (Å²) in [6.07, 6.45) is 3.37. The molecule has 0 aliphatic carbocycles. The first kappa shape index (κ1) is 12.8. The highest BCUT2D eigenvalue weighted by molar-refractivity contribution is 7.13. The molecule has 1 atom stereocenters. The van der Waals surface area contributed by atoms with Crippen molar-refractivity contribution >= 4 is 17.3 Å². The van der Waals surface area contributed by atoms with Gasteiger partial charge in [0.2, 0.25) is 0 Å². The molecule has 2 rings (SSSR count). The van der Waals surface area contributed by atoms with Crippen molar-refractivity contribution in [3.63, 3.8) is 0 Å². The third-order valence-electron chi connectivity index (χ3n) is 2.56. The molecule has 1 N–H and O–H groups in total. The molecule has 0 radical (unpaired) electrons. The number of rotatable bonds is 4. The van der Waals surface area contributed by atoms with Crippen LogP contribution in [0.25, 0.3) is 10.7 Å². The molecule has 0 fully saturated rings. The normalized spacial score (nSPS) is 14.2. The summed E-state index contributed by atoms with van der Waals surface area (Å²) >= 11 is 1.55. The van der Waals surface area contributed by atoms with Crippen molar-refractivity contribution in [1.82, 2.24) is 9.55 Å². The molecule has 0 aromatic carbocycles. The minimum Gasteiger partial charge on any atom is -0.467 e. The Hall–Kier alpha value is -1.66. The topological polar surface area (TPSA) is 64.3 Å². The molecule has 0 aliphatic rings. The minimum atomic E-state index is -1.57. The zero-order valence-corrected chi connectivity index (χ0v) is 11.0. The maximum absolute atomic E-state index is 11.5. The van der Waals surface area contributed by atoms with Crippen LogP contribution in [0.3, 0.4) is 0 Å². The lowest BCUT2D eigenvalue weighted by Gasteiger charge is -2.21. The molecule has 2 aromatic heterocycles. The van der Waals surface area contributed by atoms with Crippen molar-refractivity contribution in [3.05, 3.63) is 29.9 Å². The third kappa shape index (κ3) is 2.44. The van der Waals surface area contributed by atoms with Crippen LogP contribution in [-0.4, -0.2) is 33.3 Å². The Morgan fingerprint density at radius 2 is 2.44 bits per heavy atom. The van der Waals surface area contributed by atoms with Crippen molar-refractivity contribution in [3.8, 4) is 10.7 Å². The fourth-order valence-electron chi connectivity index (χ4n) is 1.68. The van der Waals surface area contributed by atoms with E-state index in [0.29, 0.717) is 0 Å². The SMILES string of the molecule is COC(=O)C(C)(O)Cn1ccnc1-c1cccs1. The van der Waals surface area contributed by atoms with E-state index in [9.17, 15) is 9.90 Å². The van der Waals surface area contributed by atoms with Crippen LogP contribution >= 0.6 is 11.3 Å². The van der Waals surface area contributed by atoms with Crippen LogP contribution in [0.15, 0.2) is 29.9 Å². The molecule has 5 nitrogen and oxygen atoms in total. The minimum absolute atomic E-state index is 0.104. The fourth-order valence-corrected chi connectivity index (χ4v) is 2.42. The van der Waals surface area contributed by atoms with Gasteiger partial charge in [-0.05, 0) is 18.4 Å². The van der Waals surface area contributed by atoms with Crippen molar-refractivity contribution in [2.75, 3.05) is 7.11 Å². The Morgan fingerprint density at radius 3 is 3.06 bits per heavy atom. The highest BCUT2D eigenvalue weighted by atomic mass is 32.1. The average molecular weight is 266 g/mol. The summed E-state index contributed by atoms with van der Waals surface area (Å²) in [7, 11) is 1.25. The predicted molar refractivity (Wildman–Crippen MR) is 68.2 cm³/mol. The molecule has 0 amide bonds. The van der Waals surface area contributed by atoms with Crippen molar-refractivity contribution < 1.29 is 14.6 Å². The standard InChI is InChI=1S/C12H14N2O3S/c1-12(16,11(15)17-2)8-14-6-5-13-10(14)9-4-3-7-18-9/h3-7,16H,8H2,1-2H3. The third-order valence-corrected chi connectivity index (χ3v) is 3.43. The molecule has 2 heterocycles. The fraction of sp³-hybridized carbons (Fsp3) is 0.333. The average Bonchev–Trinajstić information content (AvgIpc) is 2.97. The molecule has 6 heteroatoms. The van der Waals surface area contributed by atoms with Crippen LogP contribution in [0.2, 0.25) is 0 Å². The van der Waals surface area contributed by atoms with Crippen LogP contribution in [0, 0.1) is 0 Å². The zero-order valence-electron chi connectivity index (χ0n) is 10.2. The summed E-state index contributed by atoms with van der Waals surface area (Å²) in [5.41, 5.74) is -1.57. The largest absolute Gasteiger partial charge is 0.467 e. The second kappa shape index (κ2) is 4.91. The number of esters is 1. The maximum atomic E-state index is 11.5. The van der Waals surface area contributed by atoms with Gasteiger partial charge in [0.15, 0.2) is 5.60 Å². The van der Waals surface area contributed by atoms with Gasteiger partial charge >= 0.3 is 5.97 Å². The summed E-state index contributed by atoms with van der Waals surface area (Å²) in [4.78, 5) is 16.7. The van der Waals surface area contributed by atoms with Gasteiger partial charge in [-0.15, -0.1) is 11.3 Å². The van der Waals surface area contributed by atoms with E-state index in [4.69, 9.17) is 0 Å². The van der Waals surface area contributed by atoms with Gasteiger partial charge in [-0.1, -0.05) is 6.07 Å². The highest BCUT2D eigenvalue weighted by Crippen LogP contribution is 2.24. The van der Waals surface area contributed by atoms with Gasteiger partial charge in [-0.3, -0.25) is 0 Å². The number of nitrogens with zero attached hydrogens (tertiary/aromatic N) is 2. The molecule has 96 valence electrons. The predicted octanol–water partition coefficient (Wildman–Crippen LogP) is 1.54. The van der Waals surface area contributed by atoms with E-state index in [1.54, 1.807) is 28.3 Å². The number of imidazole rings is 1. The van der Waals surface area contributed by atoms with Crippen molar-refractivity contribution in [1.29, 1.82) is 0 Å². The second-order valence-corrected chi connectivity index (χ2v) is 5.07. The van der Waals surface area contributed by atoms with Crippen LogP contribution in [0.1, 0.15) is 6.92 Å². The lowest BCUT2D eigenvalue weighted by atomic mass is 10.1. The Labute approximate surface area is 109 Å². The van der Waals surface area contributed by atoms with E-state index in [0.717, 1.165) is 10.7 Å². The summed E-state index contributed by atoms with van der Waals surface area (Å²) in [6, 6.07) is 3.87. The molecule has 0 saturated carbocycles. The van der Waals surface area contributed by atoms with E-state index in [-0.39, 0.29) is 6.54 Å². The maximum Gasteiger partial charge on any atom is 0.339 e. The number of aliphatic hydroxyl groups is 1. The number of methoxy groups -OCH3 is 1. The van der Waals surface area contributed by atoms with Gasteiger partial charge in [-0.25, -0.2) is 9.78 Å². The Bertz CT molecular complexity index is 531. The number of thiophene rings is 1. The van der Waals surface area contributed by atoms with Crippen LogP contribution < -0.4 is 0 Å². The zero-order chi connectivity index (χ0) is 13.2. The molecule has 18 heavy (non-hydrogen) atoms. The Morgan fingerprint density at radius 1 is 1.67 bits per heavy atom. The molecule has 0 bridgehead atoms. The summed E-state index contributed by atoms with van der Waals surface area (Å²) in [5.74, 6) is 0.0718. The first-order valence-corrected chi connectivity index (χ1v) is 6.28. The van der Waals surface area contributed by atoms with Crippen LogP contribution in [0.5, 0.6) is 0 Å². The van der Waals surface area contributed by atoms with Gasteiger partial charge in [0.05, 0.1) is 18.5 Å². The van der Waals surface area contributed by atoms with Gasteiger partial charge in [0, 0.05) is 12.4 Å². The van der Waals surface area contributed by atoms with Gasteiger partial charge < -0.3 is 14.4 Å². The molecule has 1 unspecified atom stereocenters. The van der Waals surface area contributed by atoms with Crippen LogP contribution in [0.4, 0.5) is 0 Å². The number of aromatic nitrogens is 2. The molecule has 0 saturated heterocycles. The molecular formula is C12H14N2O3S. The van der Waals surface area contributed by atoms with Gasteiger partial charge in [0.1, 0.15) is 5.82 Å². The Balaban J connectivity index is 2.26. The van der Waals surface area contributed by atoms with E-state index in [1.165, 1.54) is 14.0 Å². The highest BCUT2D eigenvalue weighted by Gasteiger charge is 2.32. The quantitative estimate of drug-likeness (QED) is 0.852. The van der Waals surface area contributed by atoms with E-state index in [2.05, 4.69) is 9.72 Å². The van der Waals surface area contributed by atoms with Crippen molar-refractivity contribution in [2.45, 2.75) is 19.1 Å². The summed E-state index contributed by atoms with van der Waals surface area (Å²) < 4.78 is 6.31. The monoisotopic (exact) mass is 266 g/mol. The van der Waals surface area contributed by atoms with E-state index < -0.39 is 11.6 Å². The number of hydrogen-bond donors (Lipinski definition) is 1. The molecular weight excluding hydrogens is 252 g/mol. The molecule has 0 spiro atoms. The molecule has 2 aromatic rings. The Kier molecular flexibility index (Phi) is 3.49. The number of ether oxygens (including phenoxy) is 1. The first-order chi connectivity index (χ1) is 8.54.